The number of nitrogens with zero attached hydrogens (tertiary/aromatic N) is 1. The minimum Gasteiger partial charge on any atom is -0.493 e. The third-order valence-electron chi connectivity index (χ3n) is 5.09. The Kier molecular flexibility index (Phi) is 8.16. The lowest BCUT2D eigenvalue weighted by molar-refractivity contribution is -0.143. The van der Waals surface area contributed by atoms with Gasteiger partial charge in [-0.05, 0) is 56.5 Å². The molecule has 1 heterocycles. The number of hydrogen-bond donors (Lipinski definition) is 0. The monoisotopic (exact) mass is 421 g/mol. The molecule has 0 saturated heterocycles. The first-order chi connectivity index (χ1) is 15.1. The maximum absolute atomic E-state index is 11.7. The second-order valence-electron chi connectivity index (χ2n) is 7.23. The van der Waals surface area contributed by atoms with Crippen molar-refractivity contribution in [1.82, 2.24) is 4.57 Å². The first kappa shape index (κ1) is 22.5. The molecule has 164 valence electrons. The first-order valence-electron chi connectivity index (χ1n) is 10.9. The van der Waals surface area contributed by atoms with E-state index in [-0.39, 0.29) is 5.97 Å². The van der Waals surface area contributed by atoms with E-state index >= 15 is 0 Å². The summed E-state index contributed by atoms with van der Waals surface area (Å²) >= 11 is 0. The second kappa shape index (κ2) is 11.3. The van der Waals surface area contributed by atoms with Gasteiger partial charge in [-0.25, -0.2) is 0 Å². The predicted molar refractivity (Wildman–Crippen MR) is 123 cm³/mol. The molecule has 0 aliphatic rings. The quantitative estimate of drug-likeness (QED) is 0.387. The van der Waals surface area contributed by atoms with Gasteiger partial charge in [0.05, 0.1) is 19.8 Å². The summed E-state index contributed by atoms with van der Waals surface area (Å²) in [4.78, 5) is 11.7. The maximum atomic E-state index is 11.7. The van der Waals surface area contributed by atoms with Crippen LogP contribution < -0.4 is 9.47 Å². The standard InChI is InChI=1S/C26H31NO4/c1-4-29-25-19-23(14-12-22(25)13-16-26(28)30-5-2)31-18-17-27-20(3)11-15-24(27)21-9-7-6-8-10-21/h6-12,14-15,19H,4-5,13,16-18H2,1-3H3. The van der Waals surface area contributed by atoms with Crippen LogP contribution in [0.4, 0.5) is 0 Å². The zero-order valence-corrected chi connectivity index (χ0v) is 18.6. The predicted octanol–water partition coefficient (Wildman–Crippen LogP) is 5.44. The van der Waals surface area contributed by atoms with E-state index in [0.717, 1.165) is 23.6 Å². The normalized spacial score (nSPS) is 10.7. The van der Waals surface area contributed by atoms with Crippen LogP contribution in [0.15, 0.2) is 60.7 Å². The van der Waals surface area contributed by atoms with Crippen LogP contribution >= 0.6 is 0 Å². The molecule has 0 unspecified atom stereocenters. The molecule has 0 aliphatic carbocycles. The number of carbonyl (C=O) groups excluding carboxylic acids is 1. The lowest BCUT2D eigenvalue weighted by atomic mass is 10.1. The summed E-state index contributed by atoms with van der Waals surface area (Å²) in [5, 5.41) is 0. The number of aromatic nitrogens is 1. The van der Waals surface area contributed by atoms with Gasteiger partial charge in [-0.2, -0.15) is 0 Å². The van der Waals surface area contributed by atoms with Gasteiger partial charge >= 0.3 is 5.97 Å². The van der Waals surface area contributed by atoms with Crippen molar-refractivity contribution in [3.63, 3.8) is 0 Å². The van der Waals surface area contributed by atoms with Crippen LogP contribution in [-0.2, 0) is 22.5 Å². The van der Waals surface area contributed by atoms with E-state index in [2.05, 4.69) is 47.9 Å². The third-order valence-corrected chi connectivity index (χ3v) is 5.09. The van der Waals surface area contributed by atoms with Crippen molar-refractivity contribution in [2.45, 2.75) is 40.2 Å². The van der Waals surface area contributed by atoms with Crippen molar-refractivity contribution in [2.75, 3.05) is 19.8 Å². The van der Waals surface area contributed by atoms with Gasteiger partial charge in [0.2, 0.25) is 0 Å². The lowest BCUT2D eigenvalue weighted by Crippen LogP contribution is -2.11. The fraction of sp³-hybridized carbons (Fsp3) is 0.346. The molecule has 0 atom stereocenters. The number of esters is 1. The van der Waals surface area contributed by atoms with E-state index < -0.39 is 0 Å². The highest BCUT2D eigenvalue weighted by atomic mass is 16.5. The van der Waals surface area contributed by atoms with Crippen molar-refractivity contribution in [3.8, 4) is 22.8 Å². The summed E-state index contributed by atoms with van der Waals surface area (Å²) in [5.41, 5.74) is 4.56. The van der Waals surface area contributed by atoms with E-state index in [1.807, 2.05) is 38.1 Å². The summed E-state index contributed by atoms with van der Waals surface area (Å²) in [6, 6.07) is 20.5. The number of aryl methyl sites for hydroxylation is 2. The highest BCUT2D eigenvalue weighted by molar-refractivity contribution is 5.69. The second-order valence-corrected chi connectivity index (χ2v) is 7.23. The summed E-state index contributed by atoms with van der Waals surface area (Å²) in [5.74, 6) is 1.32. The molecule has 0 amide bonds. The third kappa shape index (κ3) is 6.14. The molecule has 3 rings (SSSR count). The zero-order chi connectivity index (χ0) is 22.1. The Bertz CT molecular complexity index is 978. The molecular formula is C26H31NO4. The van der Waals surface area contributed by atoms with E-state index in [1.165, 1.54) is 17.0 Å². The Balaban J connectivity index is 1.64. The largest absolute Gasteiger partial charge is 0.493 e. The lowest BCUT2D eigenvalue weighted by Gasteiger charge is -2.15. The minimum absolute atomic E-state index is 0.193. The zero-order valence-electron chi connectivity index (χ0n) is 18.6. The Hall–Kier alpha value is -3.21. The first-order valence-corrected chi connectivity index (χ1v) is 10.9. The summed E-state index contributed by atoms with van der Waals surface area (Å²) < 4.78 is 19.1. The number of benzene rings is 2. The smallest absolute Gasteiger partial charge is 0.306 e. The molecule has 0 N–H and O–H groups in total. The number of carbonyl (C=O) groups is 1. The van der Waals surface area contributed by atoms with Crippen molar-refractivity contribution >= 4 is 5.97 Å². The van der Waals surface area contributed by atoms with Crippen LogP contribution in [0.3, 0.4) is 0 Å². The van der Waals surface area contributed by atoms with Crippen LogP contribution in [0, 0.1) is 6.92 Å². The maximum Gasteiger partial charge on any atom is 0.306 e. The van der Waals surface area contributed by atoms with Crippen molar-refractivity contribution in [2.24, 2.45) is 0 Å². The number of hydrogen-bond acceptors (Lipinski definition) is 4. The Morgan fingerprint density at radius 3 is 2.48 bits per heavy atom. The molecule has 0 saturated carbocycles. The van der Waals surface area contributed by atoms with Crippen molar-refractivity contribution < 1.29 is 19.0 Å². The SMILES string of the molecule is CCOC(=O)CCc1ccc(OCCn2c(C)ccc2-c2ccccc2)cc1OCC. The summed E-state index contributed by atoms with van der Waals surface area (Å²) in [6.07, 6.45) is 0.917. The fourth-order valence-corrected chi connectivity index (χ4v) is 3.57. The number of rotatable bonds is 11. The molecular weight excluding hydrogens is 390 g/mol. The molecule has 3 aromatic rings. The Morgan fingerprint density at radius 2 is 1.74 bits per heavy atom. The van der Waals surface area contributed by atoms with Gasteiger partial charge in [0.15, 0.2) is 0 Å². The minimum atomic E-state index is -0.193. The molecule has 31 heavy (non-hydrogen) atoms. The molecule has 0 radical (unpaired) electrons. The van der Waals surface area contributed by atoms with Gasteiger partial charge in [0.1, 0.15) is 18.1 Å². The van der Waals surface area contributed by atoms with Gasteiger partial charge in [0, 0.05) is 23.9 Å². The van der Waals surface area contributed by atoms with Crippen LogP contribution in [0.5, 0.6) is 11.5 Å². The number of ether oxygens (including phenoxy) is 3. The fourth-order valence-electron chi connectivity index (χ4n) is 3.57. The molecule has 0 bridgehead atoms. The van der Waals surface area contributed by atoms with E-state index in [9.17, 15) is 4.79 Å². The Morgan fingerprint density at radius 1 is 0.935 bits per heavy atom. The van der Waals surface area contributed by atoms with Gasteiger partial charge in [-0.15, -0.1) is 0 Å². The van der Waals surface area contributed by atoms with Crippen molar-refractivity contribution in [1.29, 1.82) is 0 Å². The molecule has 0 aliphatic heterocycles. The van der Waals surface area contributed by atoms with Crippen LogP contribution in [0.1, 0.15) is 31.5 Å². The van der Waals surface area contributed by atoms with E-state index in [4.69, 9.17) is 14.2 Å². The van der Waals surface area contributed by atoms with E-state index in [0.29, 0.717) is 32.7 Å². The highest BCUT2D eigenvalue weighted by Crippen LogP contribution is 2.27. The Labute approximate surface area is 184 Å². The molecule has 0 spiro atoms. The average Bonchev–Trinajstić information content (AvgIpc) is 3.14. The van der Waals surface area contributed by atoms with Gasteiger partial charge < -0.3 is 18.8 Å². The molecule has 5 heteroatoms. The summed E-state index contributed by atoms with van der Waals surface area (Å²) in [6.45, 7) is 8.12. The average molecular weight is 422 g/mol. The molecule has 1 aromatic heterocycles. The van der Waals surface area contributed by atoms with Crippen LogP contribution in [0.25, 0.3) is 11.3 Å². The molecule has 0 fully saturated rings. The summed E-state index contributed by atoms with van der Waals surface area (Å²) in [7, 11) is 0. The molecule has 5 nitrogen and oxygen atoms in total. The van der Waals surface area contributed by atoms with Crippen LogP contribution in [0.2, 0.25) is 0 Å². The van der Waals surface area contributed by atoms with Gasteiger partial charge in [-0.1, -0.05) is 36.4 Å². The van der Waals surface area contributed by atoms with Crippen molar-refractivity contribution in [3.05, 3.63) is 71.9 Å². The van der Waals surface area contributed by atoms with Gasteiger partial charge in [0.25, 0.3) is 0 Å². The van der Waals surface area contributed by atoms with E-state index in [1.54, 1.807) is 0 Å². The highest BCUT2D eigenvalue weighted by Gasteiger charge is 2.11. The van der Waals surface area contributed by atoms with Crippen LogP contribution in [-0.4, -0.2) is 30.4 Å². The topological polar surface area (TPSA) is 49.7 Å². The molecule has 2 aromatic carbocycles. The van der Waals surface area contributed by atoms with Gasteiger partial charge in [-0.3, -0.25) is 4.79 Å².